The molecule has 1 aromatic heterocycles. The maximum Gasteiger partial charge on any atom is 0.338 e. The fourth-order valence-corrected chi connectivity index (χ4v) is 6.00. The molecule has 42 heavy (non-hydrogen) atoms. The van der Waals surface area contributed by atoms with Crippen molar-refractivity contribution in [2.24, 2.45) is 4.99 Å². The Bertz CT molecular complexity index is 1690. The van der Waals surface area contributed by atoms with Crippen LogP contribution in [0.25, 0.3) is 6.08 Å². The van der Waals surface area contributed by atoms with E-state index in [0.29, 0.717) is 67.4 Å². The SMILES string of the molecule is CCOC(=O)C1=C(C)N=c2s/c(=C\c3cc(Cl)c(OCC)c(OCC)c3)c(=O)n2[C@@H]1c1ccc(OC(C)C)c(OC)c1. The first-order valence-corrected chi connectivity index (χ1v) is 15.0. The van der Waals surface area contributed by atoms with Crippen LogP contribution in [0.3, 0.4) is 0 Å². The number of allylic oxidation sites excluding steroid dienone is 1. The number of nitrogens with zero attached hydrogens (tertiary/aromatic N) is 2. The van der Waals surface area contributed by atoms with Gasteiger partial charge in [0.25, 0.3) is 5.56 Å². The van der Waals surface area contributed by atoms with Gasteiger partial charge in [-0.3, -0.25) is 9.36 Å². The lowest BCUT2D eigenvalue weighted by atomic mass is 9.95. The van der Waals surface area contributed by atoms with Gasteiger partial charge in [0.05, 0.1) is 59.9 Å². The molecule has 9 nitrogen and oxygen atoms in total. The molecular weight excluding hydrogens is 580 g/mol. The van der Waals surface area contributed by atoms with Crippen molar-refractivity contribution >= 4 is 35.0 Å². The largest absolute Gasteiger partial charge is 0.493 e. The average molecular weight is 615 g/mol. The van der Waals surface area contributed by atoms with Crippen LogP contribution in [-0.2, 0) is 9.53 Å². The van der Waals surface area contributed by atoms with E-state index in [1.54, 1.807) is 51.3 Å². The highest BCUT2D eigenvalue weighted by Crippen LogP contribution is 2.38. The maximum atomic E-state index is 14.0. The zero-order valence-electron chi connectivity index (χ0n) is 24.8. The molecule has 0 N–H and O–H groups in total. The first kappa shape index (κ1) is 31.2. The minimum Gasteiger partial charge on any atom is -0.493 e. The Labute approximate surface area is 253 Å². The standard InChI is InChI=1S/C31H35ClN2O7S/c1-8-38-24-14-19(13-21(32)28(24)39-9-2)15-25-29(35)34-27(20-11-12-22(41-17(4)5)23(16-20)37-7)26(30(36)40-10-3)18(6)33-31(34)42-25/h11-17,27H,8-10H2,1-7H3/b25-15-/t27-/m1/s1. The van der Waals surface area contributed by atoms with Gasteiger partial charge in [0.1, 0.15) is 0 Å². The zero-order chi connectivity index (χ0) is 30.6. The Morgan fingerprint density at radius 1 is 1.07 bits per heavy atom. The van der Waals surface area contributed by atoms with Gasteiger partial charge in [0, 0.05) is 0 Å². The summed E-state index contributed by atoms with van der Waals surface area (Å²) >= 11 is 7.75. The van der Waals surface area contributed by atoms with Crippen molar-refractivity contribution in [3.8, 4) is 23.0 Å². The summed E-state index contributed by atoms with van der Waals surface area (Å²) in [5, 5.41) is 0.371. The summed E-state index contributed by atoms with van der Waals surface area (Å²) in [4.78, 5) is 32.4. The molecular formula is C31H35ClN2O7S. The number of carbonyl (C=O) groups is 1. The third-order valence-electron chi connectivity index (χ3n) is 6.30. The average Bonchev–Trinajstić information content (AvgIpc) is 3.24. The quantitative estimate of drug-likeness (QED) is 0.279. The summed E-state index contributed by atoms with van der Waals surface area (Å²) < 4.78 is 30.3. The number of ether oxygens (including phenoxy) is 5. The molecule has 0 fully saturated rings. The van der Waals surface area contributed by atoms with Gasteiger partial charge in [-0.15, -0.1) is 0 Å². The van der Waals surface area contributed by atoms with Crippen molar-refractivity contribution in [3.63, 3.8) is 0 Å². The maximum absolute atomic E-state index is 14.0. The molecule has 0 radical (unpaired) electrons. The lowest BCUT2D eigenvalue weighted by molar-refractivity contribution is -0.139. The number of rotatable bonds is 11. The van der Waals surface area contributed by atoms with E-state index in [2.05, 4.69) is 4.99 Å². The molecule has 0 aliphatic carbocycles. The second-order valence-corrected chi connectivity index (χ2v) is 11.0. The molecule has 1 aliphatic heterocycles. The molecule has 2 heterocycles. The molecule has 2 aromatic carbocycles. The first-order valence-electron chi connectivity index (χ1n) is 13.8. The molecule has 0 saturated heterocycles. The van der Waals surface area contributed by atoms with Gasteiger partial charge in [-0.1, -0.05) is 29.0 Å². The third-order valence-corrected chi connectivity index (χ3v) is 7.56. The van der Waals surface area contributed by atoms with Crippen molar-refractivity contribution < 1.29 is 28.5 Å². The van der Waals surface area contributed by atoms with E-state index in [1.807, 2.05) is 33.8 Å². The Kier molecular flexibility index (Phi) is 10.0. The van der Waals surface area contributed by atoms with E-state index in [-0.39, 0.29) is 23.8 Å². The van der Waals surface area contributed by atoms with Crippen molar-refractivity contribution in [3.05, 3.63) is 77.4 Å². The van der Waals surface area contributed by atoms with Gasteiger partial charge in [-0.25, -0.2) is 9.79 Å². The number of thiazole rings is 1. The summed E-state index contributed by atoms with van der Waals surface area (Å²) in [6.45, 7) is 12.1. The first-order chi connectivity index (χ1) is 20.1. The monoisotopic (exact) mass is 614 g/mol. The lowest BCUT2D eigenvalue weighted by Gasteiger charge is -2.25. The molecule has 0 spiro atoms. The second-order valence-electron chi connectivity index (χ2n) is 9.58. The highest BCUT2D eigenvalue weighted by Gasteiger charge is 2.34. The smallest absolute Gasteiger partial charge is 0.338 e. The minimum atomic E-state index is -0.799. The van der Waals surface area contributed by atoms with Gasteiger partial charge in [-0.2, -0.15) is 0 Å². The summed E-state index contributed by atoms with van der Waals surface area (Å²) in [5.41, 5.74) is 1.73. The second kappa shape index (κ2) is 13.5. The number of hydrogen-bond acceptors (Lipinski definition) is 9. The molecule has 1 aliphatic rings. The van der Waals surface area contributed by atoms with E-state index < -0.39 is 12.0 Å². The predicted molar refractivity (Wildman–Crippen MR) is 163 cm³/mol. The van der Waals surface area contributed by atoms with Gasteiger partial charge in [-0.05, 0) is 83.0 Å². The number of esters is 1. The highest BCUT2D eigenvalue weighted by molar-refractivity contribution is 7.07. The van der Waals surface area contributed by atoms with Crippen LogP contribution >= 0.6 is 22.9 Å². The van der Waals surface area contributed by atoms with E-state index >= 15 is 0 Å². The van der Waals surface area contributed by atoms with E-state index in [0.717, 1.165) is 0 Å². The van der Waals surface area contributed by atoms with E-state index in [9.17, 15) is 9.59 Å². The predicted octanol–water partition coefficient (Wildman–Crippen LogP) is 5.04. The normalized spacial score (nSPS) is 14.9. The molecule has 4 rings (SSSR count). The van der Waals surface area contributed by atoms with Gasteiger partial charge < -0.3 is 23.7 Å². The molecule has 224 valence electrons. The molecule has 0 amide bonds. The van der Waals surface area contributed by atoms with Crippen molar-refractivity contribution in [1.82, 2.24) is 4.57 Å². The van der Waals surface area contributed by atoms with Crippen LogP contribution in [0.15, 0.2) is 51.4 Å². The van der Waals surface area contributed by atoms with Gasteiger partial charge in [0.2, 0.25) is 0 Å². The number of benzene rings is 2. The number of carbonyl (C=O) groups excluding carboxylic acids is 1. The minimum absolute atomic E-state index is 0.0704. The molecule has 3 aromatic rings. The highest BCUT2D eigenvalue weighted by atomic mass is 35.5. The van der Waals surface area contributed by atoms with E-state index in [1.165, 1.54) is 15.9 Å². The van der Waals surface area contributed by atoms with E-state index in [4.69, 9.17) is 35.3 Å². The number of methoxy groups -OCH3 is 1. The fourth-order valence-electron chi connectivity index (χ4n) is 4.68. The molecule has 0 unspecified atom stereocenters. The summed E-state index contributed by atoms with van der Waals surface area (Å²) in [5.74, 6) is 1.43. The number of fused-ring (bicyclic) bond motifs is 1. The van der Waals surface area contributed by atoms with Crippen LogP contribution in [0.2, 0.25) is 5.02 Å². The topological polar surface area (TPSA) is 97.6 Å². The number of hydrogen-bond donors (Lipinski definition) is 0. The number of aromatic nitrogens is 1. The van der Waals surface area contributed by atoms with Gasteiger partial charge in [0.15, 0.2) is 27.8 Å². The lowest BCUT2D eigenvalue weighted by Crippen LogP contribution is -2.40. The fraction of sp³-hybridized carbons (Fsp3) is 0.387. The van der Waals surface area contributed by atoms with Crippen LogP contribution in [0.4, 0.5) is 0 Å². The van der Waals surface area contributed by atoms with Crippen LogP contribution in [0.5, 0.6) is 23.0 Å². The Morgan fingerprint density at radius 3 is 2.45 bits per heavy atom. The summed E-state index contributed by atoms with van der Waals surface area (Å²) in [6.07, 6.45) is 1.66. The Morgan fingerprint density at radius 2 is 1.81 bits per heavy atom. The van der Waals surface area contributed by atoms with Crippen LogP contribution < -0.4 is 33.8 Å². The van der Waals surface area contributed by atoms with Crippen molar-refractivity contribution in [1.29, 1.82) is 0 Å². The molecule has 11 heteroatoms. The van der Waals surface area contributed by atoms with Crippen molar-refractivity contribution in [2.75, 3.05) is 26.9 Å². The Balaban J connectivity index is 1.93. The van der Waals surface area contributed by atoms with Crippen LogP contribution in [-0.4, -0.2) is 43.6 Å². The summed E-state index contributed by atoms with van der Waals surface area (Å²) in [6, 6.07) is 8.08. The van der Waals surface area contributed by atoms with Crippen LogP contribution in [0, 0.1) is 0 Å². The molecule has 0 saturated carbocycles. The molecule has 1 atom stereocenters. The van der Waals surface area contributed by atoms with Gasteiger partial charge >= 0.3 is 5.97 Å². The number of halogens is 1. The zero-order valence-corrected chi connectivity index (χ0v) is 26.4. The van der Waals surface area contributed by atoms with Crippen LogP contribution in [0.1, 0.15) is 58.7 Å². The molecule has 0 bridgehead atoms. The van der Waals surface area contributed by atoms with Crippen molar-refractivity contribution in [2.45, 2.75) is 53.7 Å². The summed E-state index contributed by atoms with van der Waals surface area (Å²) in [7, 11) is 1.55. The Hall–Kier alpha value is -3.76. The third kappa shape index (κ3) is 6.34.